The largest absolute Gasteiger partial charge is 0.357 e. The third-order valence-corrected chi connectivity index (χ3v) is 3.00. The molecule has 0 fully saturated rings. The molecule has 0 radical (unpaired) electrons. The summed E-state index contributed by atoms with van der Waals surface area (Å²) in [5.41, 5.74) is 9.69. The third-order valence-electron chi connectivity index (χ3n) is 3.00. The van der Waals surface area contributed by atoms with E-state index in [1.54, 1.807) is 0 Å². The van der Waals surface area contributed by atoms with Gasteiger partial charge >= 0.3 is 0 Å². The monoisotopic (exact) mass is 216 g/mol. The lowest BCUT2D eigenvalue weighted by Crippen LogP contribution is -2.10. The first-order chi connectivity index (χ1) is 7.38. The van der Waals surface area contributed by atoms with Crippen LogP contribution in [0.1, 0.15) is 45.0 Å². The van der Waals surface area contributed by atoms with Gasteiger partial charge in [0.1, 0.15) is 0 Å². The summed E-state index contributed by atoms with van der Waals surface area (Å²) in [6, 6.07) is 8.78. The van der Waals surface area contributed by atoms with E-state index in [1.165, 1.54) is 16.5 Å². The fourth-order valence-corrected chi connectivity index (χ4v) is 1.87. The molecule has 0 spiro atoms. The van der Waals surface area contributed by atoms with E-state index >= 15 is 0 Å². The molecule has 0 saturated heterocycles. The molecule has 0 saturated carbocycles. The Bertz CT molecular complexity index is 501. The Kier molecular flexibility index (Phi) is 2.55. The van der Waals surface area contributed by atoms with Crippen molar-refractivity contribution in [1.82, 2.24) is 4.98 Å². The predicted octanol–water partition coefficient (Wildman–Crippen LogP) is 3.49. The summed E-state index contributed by atoms with van der Waals surface area (Å²) in [7, 11) is 0. The summed E-state index contributed by atoms with van der Waals surface area (Å²) >= 11 is 0. The first-order valence-corrected chi connectivity index (χ1v) is 5.76. The van der Waals surface area contributed by atoms with Gasteiger partial charge in [-0.25, -0.2) is 0 Å². The van der Waals surface area contributed by atoms with Crippen molar-refractivity contribution in [3.05, 3.63) is 35.5 Å². The lowest BCUT2D eigenvalue weighted by atomic mass is 9.86. The summed E-state index contributed by atoms with van der Waals surface area (Å²) in [5, 5.41) is 1.25. The van der Waals surface area contributed by atoms with E-state index in [9.17, 15) is 0 Å². The Balaban J connectivity index is 2.54. The van der Waals surface area contributed by atoms with Gasteiger partial charge in [-0.3, -0.25) is 0 Å². The van der Waals surface area contributed by atoms with Crippen LogP contribution in [0.3, 0.4) is 0 Å². The molecule has 0 aliphatic rings. The smallest absolute Gasteiger partial charge is 0.0456 e. The standard InChI is InChI=1S/C14H20N2/c1-9(15)13-8-10-7-11(14(2,3)4)5-6-12(10)16-13/h5-9,16H,15H2,1-4H3. The molecule has 2 nitrogen and oxygen atoms in total. The van der Waals surface area contributed by atoms with Gasteiger partial charge in [-0.15, -0.1) is 0 Å². The van der Waals surface area contributed by atoms with Gasteiger partial charge in [-0.2, -0.15) is 0 Å². The van der Waals surface area contributed by atoms with Crippen molar-refractivity contribution in [3.8, 4) is 0 Å². The topological polar surface area (TPSA) is 41.8 Å². The van der Waals surface area contributed by atoms with E-state index in [0.717, 1.165) is 5.69 Å². The van der Waals surface area contributed by atoms with E-state index in [0.29, 0.717) is 0 Å². The molecule has 1 unspecified atom stereocenters. The zero-order valence-corrected chi connectivity index (χ0v) is 10.5. The number of H-pyrrole nitrogens is 1. The number of rotatable bonds is 1. The van der Waals surface area contributed by atoms with Gasteiger partial charge in [-0.1, -0.05) is 26.8 Å². The Morgan fingerprint density at radius 1 is 1.19 bits per heavy atom. The Labute approximate surface area is 96.9 Å². The number of nitrogens with one attached hydrogen (secondary N) is 1. The molecule has 2 aromatic rings. The van der Waals surface area contributed by atoms with Crippen LogP contribution in [-0.2, 0) is 5.41 Å². The van der Waals surface area contributed by atoms with Crippen LogP contribution in [0.15, 0.2) is 24.3 Å². The van der Waals surface area contributed by atoms with Crippen molar-refractivity contribution in [2.24, 2.45) is 5.73 Å². The van der Waals surface area contributed by atoms with Crippen molar-refractivity contribution in [2.45, 2.75) is 39.2 Å². The zero-order chi connectivity index (χ0) is 11.9. The molecule has 0 amide bonds. The van der Waals surface area contributed by atoms with Crippen LogP contribution in [0.5, 0.6) is 0 Å². The van der Waals surface area contributed by atoms with Crippen molar-refractivity contribution >= 4 is 10.9 Å². The highest BCUT2D eigenvalue weighted by molar-refractivity contribution is 5.81. The van der Waals surface area contributed by atoms with Crippen LogP contribution in [0.4, 0.5) is 0 Å². The predicted molar refractivity (Wildman–Crippen MR) is 69.6 cm³/mol. The Morgan fingerprint density at radius 2 is 1.88 bits per heavy atom. The van der Waals surface area contributed by atoms with E-state index in [4.69, 9.17) is 5.73 Å². The first kappa shape index (κ1) is 11.2. The average Bonchev–Trinajstić information content (AvgIpc) is 2.58. The number of nitrogens with two attached hydrogens (primary N) is 1. The van der Waals surface area contributed by atoms with E-state index in [-0.39, 0.29) is 11.5 Å². The normalized spacial score (nSPS) is 14.3. The first-order valence-electron chi connectivity index (χ1n) is 5.76. The maximum absolute atomic E-state index is 5.87. The molecule has 0 bridgehead atoms. The van der Waals surface area contributed by atoms with Crippen LogP contribution >= 0.6 is 0 Å². The van der Waals surface area contributed by atoms with Gasteiger partial charge in [0, 0.05) is 17.3 Å². The van der Waals surface area contributed by atoms with E-state index in [2.05, 4.69) is 50.0 Å². The molecule has 1 aromatic carbocycles. The van der Waals surface area contributed by atoms with Crippen LogP contribution in [-0.4, -0.2) is 4.98 Å². The van der Waals surface area contributed by atoms with Crippen molar-refractivity contribution in [1.29, 1.82) is 0 Å². The van der Waals surface area contributed by atoms with Gasteiger partial charge in [0.2, 0.25) is 0 Å². The highest BCUT2D eigenvalue weighted by atomic mass is 14.8. The number of hydrogen-bond acceptors (Lipinski definition) is 1. The Hall–Kier alpha value is -1.28. The summed E-state index contributed by atoms with van der Waals surface area (Å²) in [5.74, 6) is 0. The summed E-state index contributed by atoms with van der Waals surface area (Å²) in [4.78, 5) is 3.35. The summed E-state index contributed by atoms with van der Waals surface area (Å²) in [6.07, 6.45) is 0. The molecule has 0 aliphatic heterocycles. The second-order valence-corrected chi connectivity index (χ2v) is 5.57. The van der Waals surface area contributed by atoms with Crippen LogP contribution in [0.2, 0.25) is 0 Å². The fourth-order valence-electron chi connectivity index (χ4n) is 1.87. The highest BCUT2D eigenvalue weighted by Crippen LogP contribution is 2.27. The van der Waals surface area contributed by atoms with E-state index in [1.807, 2.05) is 6.92 Å². The number of fused-ring (bicyclic) bond motifs is 1. The highest BCUT2D eigenvalue weighted by Gasteiger charge is 2.14. The summed E-state index contributed by atoms with van der Waals surface area (Å²) < 4.78 is 0. The molecule has 0 aliphatic carbocycles. The molecule has 86 valence electrons. The van der Waals surface area contributed by atoms with Crippen molar-refractivity contribution < 1.29 is 0 Å². The third kappa shape index (κ3) is 1.98. The van der Waals surface area contributed by atoms with Gasteiger partial charge in [0.05, 0.1) is 0 Å². The van der Waals surface area contributed by atoms with E-state index < -0.39 is 0 Å². The lowest BCUT2D eigenvalue weighted by molar-refractivity contribution is 0.591. The summed E-state index contributed by atoms with van der Waals surface area (Å²) in [6.45, 7) is 8.68. The lowest BCUT2D eigenvalue weighted by Gasteiger charge is -2.18. The van der Waals surface area contributed by atoms with Crippen molar-refractivity contribution in [3.63, 3.8) is 0 Å². The van der Waals surface area contributed by atoms with Gasteiger partial charge < -0.3 is 10.7 Å². The number of benzene rings is 1. The SMILES string of the molecule is CC(N)c1cc2cc(C(C)(C)C)ccc2[nH]1. The molecule has 1 atom stereocenters. The molecule has 3 N–H and O–H groups in total. The second kappa shape index (κ2) is 3.63. The quantitative estimate of drug-likeness (QED) is 0.753. The fraction of sp³-hybridized carbons (Fsp3) is 0.429. The second-order valence-electron chi connectivity index (χ2n) is 5.57. The van der Waals surface area contributed by atoms with Gasteiger partial charge in [-0.05, 0) is 41.5 Å². The Morgan fingerprint density at radius 3 is 2.44 bits per heavy atom. The molecule has 2 heteroatoms. The van der Waals surface area contributed by atoms with Crippen LogP contribution < -0.4 is 5.73 Å². The minimum Gasteiger partial charge on any atom is -0.357 e. The van der Waals surface area contributed by atoms with Gasteiger partial charge in [0.25, 0.3) is 0 Å². The molecule has 1 aromatic heterocycles. The molecule has 16 heavy (non-hydrogen) atoms. The average molecular weight is 216 g/mol. The molecule has 1 heterocycles. The van der Waals surface area contributed by atoms with Crippen LogP contribution in [0, 0.1) is 0 Å². The minimum absolute atomic E-state index is 0.0606. The zero-order valence-electron chi connectivity index (χ0n) is 10.5. The van der Waals surface area contributed by atoms with Gasteiger partial charge in [0.15, 0.2) is 0 Å². The van der Waals surface area contributed by atoms with Crippen LogP contribution in [0.25, 0.3) is 10.9 Å². The molecular formula is C14H20N2. The number of hydrogen-bond donors (Lipinski definition) is 2. The molecule has 2 rings (SSSR count). The molecular weight excluding hydrogens is 196 g/mol. The minimum atomic E-state index is 0.0606. The number of aromatic amines is 1. The number of aromatic nitrogens is 1. The maximum atomic E-state index is 5.87. The van der Waals surface area contributed by atoms with Crippen molar-refractivity contribution in [2.75, 3.05) is 0 Å². The maximum Gasteiger partial charge on any atom is 0.0456 e.